The lowest BCUT2D eigenvalue weighted by molar-refractivity contribution is -0.193. The van der Waals surface area contributed by atoms with Crippen LogP contribution >= 0.6 is 0 Å². The van der Waals surface area contributed by atoms with Gasteiger partial charge < -0.3 is 24.7 Å². The highest BCUT2D eigenvalue weighted by Gasteiger charge is 2.43. The third kappa shape index (κ3) is 8.55. The van der Waals surface area contributed by atoms with Gasteiger partial charge in [0.25, 0.3) is 5.91 Å². The number of aliphatic carboxylic acids is 2. The van der Waals surface area contributed by atoms with Gasteiger partial charge in [0, 0.05) is 50.0 Å². The summed E-state index contributed by atoms with van der Waals surface area (Å²) in [6.45, 7) is 2.57. The first kappa shape index (κ1) is 29.2. The molecule has 2 aromatic heterocycles. The van der Waals surface area contributed by atoms with Crippen LogP contribution < -0.4 is 4.90 Å². The summed E-state index contributed by atoms with van der Waals surface area (Å²) in [5.41, 5.74) is 0.654. The van der Waals surface area contributed by atoms with E-state index in [9.17, 15) is 31.1 Å². The molecular weight excluding hydrogens is 520 g/mol. The van der Waals surface area contributed by atoms with Crippen molar-refractivity contribution in [3.05, 3.63) is 48.5 Å². The molecular formula is C20H19F6N5O6. The molecule has 2 aromatic rings. The second kappa shape index (κ2) is 12.3. The Kier molecular flexibility index (Phi) is 9.70. The number of amides is 1. The zero-order chi connectivity index (χ0) is 27.8. The van der Waals surface area contributed by atoms with Crippen molar-refractivity contribution in [3.8, 4) is 0 Å². The molecule has 202 valence electrons. The van der Waals surface area contributed by atoms with Crippen LogP contribution in [0.1, 0.15) is 10.4 Å². The Morgan fingerprint density at radius 3 is 1.89 bits per heavy atom. The molecule has 0 spiro atoms. The maximum absolute atomic E-state index is 12.6. The number of carboxylic acids is 2. The monoisotopic (exact) mass is 539 g/mol. The normalized spacial score (nSPS) is 19.0. The van der Waals surface area contributed by atoms with Gasteiger partial charge in [-0.3, -0.25) is 9.78 Å². The molecule has 0 aromatic carbocycles. The van der Waals surface area contributed by atoms with E-state index in [0.29, 0.717) is 31.2 Å². The Balaban J connectivity index is 0.000000286. The van der Waals surface area contributed by atoms with Gasteiger partial charge in [0.15, 0.2) is 0 Å². The number of pyridine rings is 1. The number of aromatic nitrogens is 3. The number of anilines is 1. The number of rotatable bonds is 2. The third-order valence-corrected chi connectivity index (χ3v) is 4.81. The number of morpholine rings is 1. The number of alkyl halides is 6. The van der Waals surface area contributed by atoms with E-state index >= 15 is 0 Å². The summed E-state index contributed by atoms with van der Waals surface area (Å²) in [5, 5.41) is 14.2. The van der Waals surface area contributed by atoms with Crippen LogP contribution in [-0.4, -0.2) is 98.7 Å². The van der Waals surface area contributed by atoms with E-state index in [1.54, 1.807) is 43.0 Å². The van der Waals surface area contributed by atoms with Gasteiger partial charge in [-0.05, 0) is 18.2 Å². The molecule has 4 heterocycles. The van der Waals surface area contributed by atoms with Gasteiger partial charge in [-0.1, -0.05) is 0 Å². The van der Waals surface area contributed by atoms with E-state index in [0.717, 1.165) is 6.54 Å². The van der Waals surface area contributed by atoms with Gasteiger partial charge in [0.05, 0.1) is 18.8 Å². The average molecular weight is 539 g/mol. The van der Waals surface area contributed by atoms with Crippen LogP contribution in [0.4, 0.5) is 32.3 Å². The number of hydrogen-bond donors (Lipinski definition) is 2. The molecule has 0 saturated carbocycles. The third-order valence-electron chi connectivity index (χ3n) is 4.81. The fourth-order valence-electron chi connectivity index (χ4n) is 3.22. The van der Waals surface area contributed by atoms with E-state index in [4.69, 9.17) is 24.5 Å². The van der Waals surface area contributed by atoms with Crippen LogP contribution in [0.5, 0.6) is 0 Å². The number of nitrogens with zero attached hydrogens (tertiary/aromatic N) is 5. The van der Waals surface area contributed by atoms with E-state index < -0.39 is 24.3 Å². The summed E-state index contributed by atoms with van der Waals surface area (Å²) >= 11 is 0. The predicted molar refractivity (Wildman–Crippen MR) is 110 cm³/mol. The lowest BCUT2D eigenvalue weighted by Crippen LogP contribution is -2.51. The van der Waals surface area contributed by atoms with Crippen molar-refractivity contribution < 1.29 is 55.7 Å². The summed E-state index contributed by atoms with van der Waals surface area (Å²) in [6.07, 6.45) is -3.42. The van der Waals surface area contributed by atoms with Crippen LogP contribution in [0.2, 0.25) is 0 Å². The van der Waals surface area contributed by atoms with Crippen molar-refractivity contribution in [3.63, 3.8) is 0 Å². The molecule has 2 fully saturated rings. The second-order valence-electron chi connectivity index (χ2n) is 7.27. The minimum atomic E-state index is -5.08. The topological polar surface area (TPSA) is 146 Å². The summed E-state index contributed by atoms with van der Waals surface area (Å²) < 4.78 is 69.3. The molecule has 0 bridgehead atoms. The van der Waals surface area contributed by atoms with Crippen LogP contribution in [0.15, 0.2) is 43.0 Å². The Morgan fingerprint density at radius 2 is 1.41 bits per heavy atom. The van der Waals surface area contributed by atoms with Crippen LogP contribution in [0, 0.1) is 0 Å². The minimum Gasteiger partial charge on any atom is -0.475 e. The highest BCUT2D eigenvalue weighted by Crippen LogP contribution is 2.26. The first-order chi connectivity index (χ1) is 17.2. The lowest BCUT2D eigenvalue weighted by atomic mass is 10.1. The van der Waals surface area contributed by atoms with Gasteiger partial charge in [-0.2, -0.15) is 26.3 Å². The molecule has 37 heavy (non-hydrogen) atoms. The molecule has 2 N–H and O–H groups in total. The number of ether oxygens (including phenoxy) is 1. The molecule has 0 unspecified atom stereocenters. The molecule has 0 aliphatic carbocycles. The average Bonchev–Trinajstić information content (AvgIpc) is 3.29. The van der Waals surface area contributed by atoms with Crippen LogP contribution in [-0.2, 0) is 14.3 Å². The van der Waals surface area contributed by atoms with E-state index in [1.807, 2.05) is 4.90 Å². The number of fused-ring (bicyclic) bond motifs is 1. The standard InChI is InChI=1S/C16H17N5O2.2C2HF3O2/c22-15(12-2-6-17-7-3-12)20-10-13-14(11-20)23-9-8-21(13)16-18-4-1-5-19-16;2*3-2(4,5)1(6)7/h1-7,13-14H,8-11H2;2*(H,6,7)/t13-,14+;;/m1../s1. The Morgan fingerprint density at radius 1 is 0.892 bits per heavy atom. The molecule has 17 heteroatoms. The van der Waals surface area contributed by atoms with Crippen molar-refractivity contribution in [1.82, 2.24) is 19.9 Å². The number of halogens is 6. The maximum Gasteiger partial charge on any atom is 0.490 e. The molecule has 2 aliphatic heterocycles. The molecule has 1 amide bonds. The van der Waals surface area contributed by atoms with Crippen LogP contribution in [0.3, 0.4) is 0 Å². The van der Waals surface area contributed by atoms with Crippen LogP contribution in [0.25, 0.3) is 0 Å². The summed E-state index contributed by atoms with van der Waals surface area (Å²) in [6, 6.07) is 5.37. The fraction of sp³-hybridized carbons (Fsp3) is 0.400. The van der Waals surface area contributed by atoms with Crippen molar-refractivity contribution in [1.29, 1.82) is 0 Å². The lowest BCUT2D eigenvalue weighted by Gasteiger charge is -2.36. The quantitative estimate of drug-likeness (QED) is 0.543. The first-order valence-electron chi connectivity index (χ1n) is 10.2. The second-order valence-corrected chi connectivity index (χ2v) is 7.27. The summed E-state index contributed by atoms with van der Waals surface area (Å²) in [5.74, 6) is -4.80. The number of hydrogen-bond acceptors (Lipinski definition) is 8. The summed E-state index contributed by atoms with van der Waals surface area (Å²) in [4.78, 5) is 47.0. The minimum absolute atomic E-state index is 0.00153. The fourth-order valence-corrected chi connectivity index (χ4v) is 3.22. The van der Waals surface area contributed by atoms with Crippen molar-refractivity contribution in [2.75, 3.05) is 31.1 Å². The molecule has 4 rings (SSSR count). The van der Waals surface area contributed by atoms with Crippen molar-refractivity contribution in [2.24, 2.45) is 0 Å². The molecule has 11 nitrogen and oxygen atoms in total. The first-order valence-corrected chi connectivity index (χ1v) is 10.2. The van der Waals surface area contributed by atoms with E-state index in [1.165, 1.54) is 0 Å². The summed E-state index contributed by atoms with van der Waals surface area (Å²) in [7, 11) is 0. The van der Waals surface area contributed by atoms with Gasteiger partial charge >= 0.3 is 24.3 Å². The molecule has 0 radical (unpaired) electrons. The van der Waals surface area contributed by atoms with E-state index in [-0.39, 0.29) is 18.1 Å². The van der Waals surface area contributed by atoms with Crippen molar-refractivity contribution in [2.45, 2.75) is 24.5 Å². The Hall–Kier alpha value is -4.02. The molecule has 2 saturated heterocycles. The largest absolute Gasteiger partial charge is 0.490 e. The van der Waals surface area contributed by atoms with Crippen molar-refractivity contribution >= 4 is 23.8 Å². The maximum atomic E-state index is 12.6. The van der Waals surface area contributed by atoms with E-state index in [2.05, 4.69) is 19.9 Å². The predicted octanol–water partition coefficient (Wildman–Crippen LogP) is 1.87. The number of carbonyl (C=O) groups excluding carboxylic acids is 1. The zero-order valence-electron chi connectivity index (χ0n) is 18.6. The Labute approximate surface area is 204 Å². The highest BCUT2D eigenvalue weighted by atomic mass is 19.4. The van der Waals surface area contributed by atoms with Gasteiger partial charge in [0.2, 0.25) is 5.95 Å². The smallest absolute Gasteiger partial charge is 0.475 e. The van der Waals surface area contributed by atoms with Gasteiger partial charge in [-0.25, -0.2) is 19.6 Å². The Bertz CT molecular complexity index is 1030. The van der Waals surface area contributed by atoms with Gasteiger partial charge in [-0.15, -0.1) is 0 Å². The number of likely N-dealkylation sites (tertiary alicyclic amines) is 1. The molecule has 2 atom stereocenters. The van der Waals surface area contributed by atoms with Gasteiger partial charge in [0.1, 0.15) is 0 Å². The number of carbonyl (C=O) groups is 3. The zero-order valence-corrected chi connectivity index (χ0v) is 18.6. The SMILES string of the molecule is O=C(O)C(F)(F)F.O=C(O)C(F)(F)F.O=C(c1ccncc1)N1C[C@@H]2OCCN(c3ncccn3)[C@@H]2C1. The molecule has 2 aliphatic rings. The number of carboxylic acid groups (broad SMARTS) is 2. The highest BCUT2D eigenvalue weighted by molar-refractivity contribution is 5.94.